The van der Waals surface area contributed by atoms with Crippen LogP contribution in [-0.4, -0.2) is 36.5 Å². The van der Waals surface area contributed by atoms with E-state index in [1.54, 1.807) is 18.2 Å². The molecule has 1 aliphatic rings. The van der Waals surface area contributed by atoms with E-state index in [1.165, 1.54) is 6.07 Å². The Kier molecular flexibility index (Phi) is 6.21. The molecule has 1 atom stereocenters. The number of nitrogens with one attached hydrogen (secondary N) is 1. The number of para-hydroxylation sites is 1. The van der Waals surface area contributed by atoms with Crippen molar-refractivity contribution in [1.29, 1.82) is 0 Å². The van der Waals surface area contributed by atoms with Crippen LogP contribution in [0.4, 0.5) is 10.1 Å². The van der Waals surface area contributed by atoms with Crippen molar-refractivity contribution in [3.8, 4) is 0 Å². The lowest BCUT2D eigenvalue weighted by Crippen LogP contribution is -2.29. The van der Waals surface area contributed by atoms with Gasteiger partial charge in [-0.25, -0.2) is 4.39 Å². The number of carbonyl (C=O) groups excluding carboxylic acids is 1. The van der Waals surface area contributed by atoms with Gasteiger partial charge < -0.3 is 16.0 Å². The Morgan fingerprint density at radius 1 is 1.47 bits per heavy atom. The average Bonchev–Trinajstić information content (AvgIpc) is 2.76. The third kappa shape index (κ3) is 4.78. The molecule has 2 rings (SSSR count). The molecule has 1 fully saturated rings. The van der Waals surface area contributed by atoms with Gasteiger partial charge in [0.25, 0.3) is 0 Å². The number of rotatable bonds is 4. The largest absolute Gasteiger partial charge is 0.326 e. The van der Waals surface area contributed by atoms with Gasteiger partial charge in [-0.3, -0.25) is 4.79 Å². The van der Waals surface area contributed by atoms with E-state index in [2.05, 4.69) is 10.2 Å². The number of benzene rings is 1. The molecule has 0 aromatic heterocycles. The van der Waals surface area contributed by atoms with Crippen LogP contribution in [0.25, 0.3) is 0 Å². The summed E-state index contributed by atoms with van der Waals surface area (Å²) in [6.45, 7) is 2.45. The zero-order valence-electron chi connectivity index (χ0n) is 10.6. The normalized spacial score (nSPS) is 18.9. The summed E-state index contributed by atoms with van der Waals surface area (Å²) in [7, 11) is 0. The maximum absolute atomic E-state index is 13.3. The van der Waals surface area contributed by atoms with E-state index >= 15 is 0 Å². The van der Waals surface area contributed by atoms with Crippen molar-refractivity contribution >= 4 is 24.0 Å². The summed E-state index contributed by atoms with van der Waals surface area (Å²) in [5.74, 6) is -0.574. The number of halogens is 2. The summed E-state index contributed by atoms with van der Waals surface area (Å²) in [4.78, 5) is 13.8. The summed E-state index contributed by atoms with van der Waals surface area (Å²) < 4.78 is 13.3. The van der Waals surface area contributed by atoms with E-state index in [0.29, 0.717) is 13.0 Å². The number of nitrogens with two attached hydrogens (primary N) is 1. The van der Waals surface area contributed by atoms with Crippen LogP contribution >= 0.6 is 12.4 Å². The van der Waals surface area contributed by atoms with Gasteiger partial charge in [0.05, 0.1) is 5.69 Å². The van der Waals surface area contributed by atoms with Gasteiger partial charge in [-0.05, 0) is 25.1 Å². The summed E-state index contributed by atoms with van der Waals surface area (Å²) in [6, 6.07) is 6.39. The van der Waals surface area contributed by atoms with Crippen LogP contribution in [0.15, 0.2) is 24.3 Å². The van der Waals surface area contributed by atoms with Crippen molar-refractivity contribution in [1.82, 2.24) is 4.90 Å². The van der Waals surface area contributed by atoms with Crippen molar-refractivity contribution in [2.24, 2.45) is 5.73 Å². The van der Waals surface area contributed by atoms with E-state index in [-0.39, 0.29) is 30.0 Å². The summed E-state index contributed by atoms with van der Waals surface area (Å²) in [6.07, 6.45) is 1.34. The first-order chi connectivity index (χ1) is 8.65. The smallest absolute Gasteiger partial charge is 0.225 e. The minimum atomic E-state index is -0.408. The molecule has 0 bridgehead atoms. The van der Waals surface area contributed by atoms with Gasteiger partial charge in [0.15, 0.2) is 0 Å². The minimum absolute atomic E-state index is 0. The third-order valence-electron chi connectivity index (χ3n) is 3.11. The molecule has 0 radical (unpaired) electrons. The molecule has 19 heavy (non-hydrogen) atoms. The van der Waals surface area contributed by atoms with Crippen LogP contribution in [0.1, 0.15) is 12.8 Å². The monoisotopic (exact) mass is 287 g/mol. The van der Waals surface area contributed by atoms with Crippen LogP contribution < -0.4 is 11.1 Å². The number of amides is 1. The molecule has 3 N–H and O–H groups in total. The molecule has 1 heterocycles. The van der Waals surface area contributed by atoms with E-state index in [9.17, 15) is 9.18 Å². The minimum Gasteiger partial charge on any atom is -0.326 e. The molecule has 0 aliphatic carbocycles. The first-order valence-corrected chi connectivity index (χ1v) is 6.17. The molecule has 1 aliphatic heterocycles. The van der Waals surface area contributed by atoms with Gasteiger partial charge in [-0.2, -0.15) is 0 Å². The number of hydrogen-bond donors (Lipinski definition) is 2. The molecule has 4 nitrogen and oxygen atoms in total. The lowest BCUT2D eigenvalue weighted by Gasteiger charge is -2.14. The highest BCUT2D eigenvalue weighted by Crippen LogP contribution is 2.13. The first kappa shape index (κ1) is 15.9. The van der Waals surface area contributed by atoms with Crippen molar-refractivity contribution in [3.05, 3.63) is 30.1 Å². The Morgan fingerprint density at radius 2 is 2.21 bits per heavy atom. The second-order valence-corrected chi connectivity index (χ2v) is 4.63. The molecule has 0 unspecified atom stereocenters. The summed E-state index contributed by atoms with van der Waals surface area (Å²) in [5, 5.41) is 2.57. The Hall–Kier alpha value is -1.17. The maximum Gasteiger partial charge on any atom is 0.225 e. The number of carbonyl (C=O) groups is 1. The molecule has 0 saturated carbocycles. The van der Waals surface area contributed by atoms with E-state index in [4.69, 9.17) is 5.73 Å². The van der Waals surface area contributed by atoms with Crippen molar-refractivity contribution in [2.75, 3.05) is 25.0 Å². The van der Waals surface area contributed by atoms with Crippen molar-refractivity contribution < 1.29 is 9.18 Å². The first-order valence-electron chi connectivity index (χ1n) is 6.17. The predicted octanol–water partition coefficient (Wildman–Crippen LogP) is 1.61. The third-order valence-corrected chi connectivity index (χ3v) is 3.11. The number of hydrogen-bond acceptors (Lipinski definition) is 3. The van der Waals surface area contributed by atoms with E-state index < -0.39 is 5.82 Å². The van der Waals surface area contributed by atoms with Gasteiger partial charge in [-0.15, -0.1) is 12.4 Å². The fourth-order valence-corrected chi connectivity index (χ4v) is 2.10. The second-order valence-electron chi connectivity index (χ2n) is 4.63. The molecular formula is C13H19ClFN3O. The Balaban J connectivity index is 0.00000180. The van der Waals surface area contributed by atoms with Crippen LogP contribution in [-0.2, 0) is 4.79 Å². The van der Waals surface area contributed by atoms with Gasteiger partial charge in [0.1, 0.15) is 5.82 Å². The predicted molar refractivity (Wildman–Crippen MR) is 75.9 cm³/mol. The molecule has 106 valence electrons. The fourth-order valence-electron chi connectivity index (χ4n) is 2.10. The van der Waals surface area contributed by atoms with E-state index in [1.807, 2.05) is 0 Å². The second kappa shape index (κ2) is 7.43. The molecule has 6 heteroatoms. The van der Waals surface area contributed by atoms with Crippen LogP contribution in [0.3, 0.4) is 0 Å². The van der Waals surface area contributed by atoms with Gasteiger partial charge in [0.2, 0.25) is 5.91 Å². The molecule has 0 spiro atoms. The van der Waals surface area contributed by atoms with Crippen molar-refractivity contribution in [2.45, 2.75) is 18.9 Å². The molecular weight excluding hydrogens is 269 g/mol. The molecule has 1 aromatic carbocycles. The number of likely N-dealkylation sites (tertiary alicyclic amines) is 1. The van der Waals surface area contributed by atoms with Crippen molar-refractivity contribution in [3.63, 3.8) is 0 Å². The summed E-state index contributed by atoms with van der Waals surface area (Å²) in [5.41, 5.74) is 6.02. The Labute approximate surface area is 118 Å². The molecule has 1 saturated heterocycles. The van der Waals surface area contributed by atoms with E-state index in [0.717, 1.165) is 19.5 Å². The van der Waals surface area contributed by atoms with Gasteiger partial charge in [-0.1, -0.05) is 12.1 Å². The SMILES string of the molecule is Cl.N[C@@H]1CCN(CCC(=O)Nc2ccccc2F)C1. The standard InChI is InChI=1S/C13H18FN3O.ClH/c14-11-3-1-2-4-12(11)16-13(18)6-8-17-7-5-10(15)9-17;/h1-4,10H,5-9,15H2,(H,16,18);1H/t10-;/m1./s1. The summed E-state index contributed by atoms with van der Waals surface area (Å²) >= 11 is 0. The van der Waals surface area contributed by atoms with Crippen LogP contribution in [0.5, 0.6) is 0 Å². The zero-order chi connectivity index (χ0) is 13.0. The topological polar surface area (TPSA) is 58.4 Å². The molecule has 1 aromatic rings. The Morgan fingerprint density at radius 3 is 2.84 bits per heavy atom. The fraction of sp³-hybridized carbons (Fsp3) is 0.462. The highest BCUT2D eigenvalue weighted by molar-refractivity contribution is 5.90. The quantitative estimate of drug-likeness (QED) is 0.884. The lowest BCUT2D eigenvalue weighted by molar-refractivity contribution is -0.116. The number of anilines is 1. The molecule has 1 amide bonds. The lowest BCUT2D eigenvalue weighted by atomic mass is 10.3. The highest BCUT2D eigenvalue weighted by atomic mass is 35.5. The van der Waals surface area contributed by atoms with Crippen LogP contribution in [0, 0.1) is 5.82 Å². The number of nitrogens with zero attached hydrogens (tertiary/aromatic N) is 1. The van der Waals surface area contributed by atoms with Gasteiger partial charge in [0, 0.05) is 25.6 Å². The zero-order valence-corrected chi connectivity index (χ0v) is 11.5. The highest BCUT2D eigenvalue weighted by Gasteiger charge is 2.19. The maximum atomic E-state index is 13.3. The Bertz CT molecular complexity index is 430. The van der Waals surface area contributed by atoms with Gasteiger partial charge >= 0.3 is 0 Å². The average molecular weight is 288 g/mol. The van der Waals surface area contributed by atoms with Crippen LogP contribution in [0.2, 0.25) is 0 Å².